The Hall–Kier alpha value is -1.86. The minimum absolute atomic E-state index is 0.0761. The van der Waals surface area contributed by atoms with Crippen molar-refractivity contribution in [1.29, 1.82) is 0 Å². The number of ether oxygens (including phenoxy) is 1. The molecule has 0 unspecified atom stereocenters. The van der Waals surface area contributed by atoms with E-state index in [9.17, 15) is 24.6 Å². The number of hydrogen-bond donors (Lipinski definition) is 2. The van der Waals surface area contributed by atoms with Gasteiger partial charge in [0.1, 0.15) is 5.60 Å². The summed E-state index contributed by atoms with van der Waals surface area (Å²) in [5.41, 5.74) is -5.30. The summed E-state index contributed by atoms with van der Waals surface area (Å²) in [6, 6.07) is 0. The van der Waals surface area contributed by atoms with Crippen LogP contribution in [0.2, 0.25) is 0 Å². The average molecular weight is 435 g/mol. The van der Waals surface area contributed by atoms with E-state index in [0.29, 0.717) is 18.4 Å². The van der Waals surface area contributed by atoms with Gasteiger partial charge in [-0.2, -0.15) is 0 Å². The van der Waals surface area contributed by atoms with Gasteiger partial charge in [-0.3, -0.25) is 14.4 Å². The fourth-order valence-corrected chi connectivity index (χ4v) is 7.35. The van der Waals surface area contributed by atoms with E-state index in [1.807, 2.05) is 6.92 Å². The van der Waals surface area contributed by atoms with Crippen LogP contribution in [-0.4, -0.2) is 51.7 Å². The van der Waals surface area contributed by atoms with Gasteiger partial charge < -0.3 is 14.9 Å². The highest BCUT2D eigenvalue weighted by Crippen LogP contribution is 2.70. The van der Waals surface area contributed by atoms with Gasteiger partial charge in [-0.25, -0.2) is 4.39 Å². The Morgan fingerprint density at radius 3 is 2.61 bits per heavy atom. The van der Waals surface area contributed by atoms with Gasteiger partial charge in [-0.05, 0) is 56.6 Å². The molecule has 6 nitrogen and oxygen atoms in total. The fraction of sp³-hybridized carbons (Fsp3) is 0.708. The van der Waals surface area contributed by atoms with Crippen molar-refractivity contribution in [2.24, 2.45) is 28.6 Å². The van der Waals surface area contributed by atoms with Crippen LogP contribution in [0.1, 0.15) is 53.4 Å². The van der Waals surface area contributed by atoms with Crippen LogP contribution in [0.3, 0.4) is 0 Å². The summed E-state index contributed by atoms with van der Waals surface area (Å²) in [5, 5.41) is 22.7. The minimum Gasteiger partial charge on any atom is -0.458 e. The van der Waals surface area contributed by atoms with Crippen molar-refractivity contribution in [2.45, 2.75) is 70.8 Å². The lowest BCUT2D eigenvalue weighted by molar-refractivity contribution is -0.221. The number of Topliss-reactive ketones (excluding diaryl/α,β-unsaturated/α-hetero) is 1. The van der Waals surface area contributed by atoms with E-state index in [1.54, 1.807) is 19.9 Å². The summed E-state index contributed by atoms with van der Waals surface area (Å²) in [6.45, 7) is 6.10. The second kappa shape index (κ2) is 6.82. The Morgan fingerprint density at radius 1 is 1.29 bits per heavy atom. The molecule has 0 spiro atoms. The molecule has 3 saturated carbocycles. The quantitative estimate of drug-likeness (QED) is 0.662. The van der Waals surface area contributed by atoms with E-state index in [4.69, 9.17) is 4.74 Å². The molecular formula is C24H31FO6. The number of rotatable bonds is 3. The molecule has 0 heterocycles. The first-order chi connectivity index (χ1) is 14.3. The first-order valence-corrected chi connectivity index (χ1v) is 11.0. The van der Waals surface area contributed by atoms with E-state index in [-0.39, 0.29) is 30.5 Å². The molecule has 0 aromatic heterocycles. The largest absolute Gasteiger partial charge is 0.458 e. The first kappa shape index (κ1) is 22.3. The van der Waals surface area contributed by atoms with Gasteiger partial charge in [-0.1, -0.05) is 25.5 Å². The smallest absolute Gasteiger partial charge is 0.303 e. The number of esters is 1. The highest BCUT2D eigenvalue weighted by Gasteiger charge is 2.74. The molecule has 0 bridgehead atoms. The van der Waals surface area contributed by atoms with Crippen molar-refractivity contribution in [3.63, 3.8) is 0 Å². The Labute approximate surface area is 181 Å². The topological polar surface area (TPSA) is 101 Å². The highest BCUT2D eigenvalue weighted by atomic mass is 19.1. The van der Waals surface area contributed by atoms with Crippen molar-refractivity contribution in [2.75, 3.05) is 6.61 Å². The number of aliphatic hydroxyl groups excluding tert-OH is 1. The molecule has 31 heavy (non-hydrogen) atoms. The van der Waals surface area contributed by atoms with Crippen LogP contribution in [-0.2, 0) is 19.1 Å². The van der Waals surface area contributed by atoms with Crippen molar-refractivity contribution in [3.8, 4) is 0 Å². The standard InChI is InChI=1S/C24H31FO6/c1-13-9-18-16-6-8-23(30,20(29)12-31-14(2)26)22(16,4)11-19(28)24(18,25)21(3)7-5-15(27)10-17(13)21/h5,7,10,13,16,18-19,28,30H,6,8-9,11-12H2,1-4H3/t13-,16+,18-,19+,21-,22+,23-,24-/m0/s1. The van der Waals surface area contributed by atoms with Crippen LogP contribution in [0.25, 0.3) is 0 Å². The van der Waals surface area contributed by atoms with Crippen molar-refractivity contribution < 1.29 is 33.7 Å². The molecule has 0 saturated heterocycles. The lowest BCUT2D eigenvalue weighted by atomic mass is 9.43. The van der Waals surface area contributed by atoms with Gasteiger partial charge >= 0.3 is 5.97 Å². The number of carbonyl (C=O) groups excluding carboxylic acids is 3. The molecule has 3 fully saturated rings. The summed E-state index contributed by atoms with van der Waals surface area (Å²) in [4.78, 5) is 36.1. The Kier molecular flexibility index (Phi) is 4.91. The van der Waals surface area contributed by atoms with Gasteiger partial charge in [0.2, 0.25) is 5.78 Å². The van der Waals surface area contributed by atoms with E-state index in [2.05, 4.69) is 0 Å². The van der Waals surface area contributed by atoms with Crippen LogP contribution in [0, 0.1) is 28.6 Å². The molecule has 170 valence electrons. The average Bonchev–Trinajstić information content (AvgIpc) is 2.96. The molecule has 4 rings (SSSR count). The molecule has 0 radical (unpaired) electrons. The number of aliphatic hydroxyl groups is 2. The van der Waals surface area contributed by atoms with Crippen LogP contribution in [0.15, 0.2) is 23.8 Å². The zero-order valence-corrected chi connectivity index (χ0v) is 18.5. The number of ketones is 2. The van der Waals surface area contributed by atoms with Gasteiger partial charge in [0.05, 0.1) is 6.10 Å². The molecule has 0 aromatic rings. The van der Waals surface area contributed by atoms with Crippen molar-refractivity contribution in [3.05, 3.63) is 23.8 Å². The normalized spacial score (nSPS) is 48.4. The number of fused-ring (bicyclic) bond motifs is 5. The Morgan fingerprint density at radius 2 is 1.97 bits per heavy atom. The first-order valence-electron chi connectivity index (χ1n) is 11.0. The summed E-state index contributed by atoms with van der Waals surface area (Å²) in [7, 11) is 0. The third-order valence-corrected chi connectivity index (χ3v) is 8.99. The SMILES string of the molecule is CC(=O)OCC(=O)[C@@]1(O)CC[C@@H]2[C@@H]3C[C@H](C)C4=CC(=O)C=C[C@]4(C)[C@@]3(F)[C@H](O)C[C@]21C. The maximum Gasteiger partial charge on any atom is 0.303 e. The zero-order chi connectivity index (χ0) is 23.0. The van der Waals surface area contributed by atoms with E-state index in [1.165, 1.54) is 19.1 Å². The minimum atomic E-state index is -2.02. The lowest BCUT2D eigenvalue weighted by Gasteiger charge is -2.63. The molecular weight excluding hydrogens is 403 g/mol. The molecule has 8 atom stereocenters. The summed E-state index contributed by atoms with van der Waals surface area (Å²) in [6.07, 6.45) is 3.93. The van der Waals surface area contributed by atoms with Gasteiger partial charge in [0, 0.05) is 23.7 Å². The Bertz CT molecular complexity index is 910. The third kappa shape index (κ3) is 2.72. The summed E-state index contributed by atoms with van der Waals surface area (Å²) < 4.78 is 21.9. The van der Waals surface area contributed by atoms with Crippen LogP contribution in [0.5, 0.6) is 0 Å². The van der Waals surface area contributed by atoms with E-state index >= 15 is 4.39 Å². The predicted molar refractivity (Wildman–Crippen MR) is 109 cm³/mol. The fourth-order valence-electron chi connectivity index (χ4n) is 7.35. The zero-order valence-electron chi connectivity index (χ0n) is 18.5. The molecule has 2 N–H and O–H groups in total. The monoisotopic (exact) mass is 434 g/mol. The van der Waals surface area contributed by atoms with Crippen molar-refractivity contribution >= 4 is 17.5 Å². The molecule has 4 aliphatic carbocycles. The molecule has 0 amide bonds. The van der Waals surface area contributed by atoms with Crippen LogP contribution in [0.4, 0.5) is 4.39 Å². The second-order valence-electron chi connectivity index (χ2n) is 10.4. The lowest BCUT2D eigenvalue weighted by Crippen LogP contribution is -2.70. The second-order valence-corrected chi connectivity index (χ2v) is 10.4. The summed E-state index contributed by atoms with van der Waals surface area (Å²) >= 11 is 0. The maximum absolute atomic E-state index is 17.1. The number of alkyl halides is 1. The third-order valence-electron chi connectivity index (χ3n) is 8.99. The molecule has 7 heteroatoms. The molecule has 0 aliphatic heterocycles. The molecule has 4 aliphatic rings. The van der Waals surface area contributed by atoms with Crippen LogP contribution >= 0.6 is 0 Å². The highest BCUT2D eigenvalue weighted by molar-refractivity contribution is 6.01. The number of carbonyl (C=O) groups is 3. The summed E-state index contributed by atoms with van der Waals surface area (Å²) in [5.74, 6) is -2.40. The van der Waals surface area contributed by atoms with Gasteiger partial charge in [0.25, 0.3) is 0 Å². The maximum atomic E-state index is 17.1. The Balaban J connectivity index is 1.75. The number of allylic oxidation sites excluding steroid dienone is 4. The van der Waals surface area contributed by atoms with Crippen LogP contribution < -0.4 is 0 Å². The number of hydrogen-bond acceptors (Lipinski definition) is 6. The van der Waals surface area contributed by atoms with E-state index < -0.39 is 52.5 Å². The van der Waals surface area contributed by atoms with Gasteiger partial charge in [-0.15, -0.1) is 0 Å². The van der Waals surface area contributed by atoms with Crippen molar-refractivity contribution in [1.82, 2.24) is 0 Å². The predicted octanol–water partition coefficient (Wildman–Crippen LogP) is 2.47. The molecule has 0 aromatic carbocycles. The van der Waals surface area contributed by atoms with Gasteiger partial charge in [0.15, 0.2) is 18.1 Å². The number of halogens is 1. The van der Waals surface area contributed by atoms with E-state index in [0.717, 1.165) is 0 Å².